The number of hydrogen-bond donors (Lipinski definition) is 2. The molecule has 2 N–H and O–H groups in total. The highest BCUT2D eigenvalue weighted by Gasteiger charge is 2.26. The monoisotopic (exact) mass is 272 g/mol. The molecule has 0 aromatic heterocycles. The molecule has 0 heterocycles. The summed E-state index contributed by atoms with van der Waals surface area (Å²) >= 11 is 0. The van der Waals surface area contributed by atoms with E-state index < -0.39 is 11.6 Å². The normalized spacial score (nSPS) is 11.1. The van der Waals surface area contributed by atoms with Crippen LogP contribution in [-0.4, -0.2) is 16.2 Å². The van der Waals surface area contributed by atoms with Crippen LogP contribution in [0.3, 0.4) is 0 Å². The third kappa shape index (κ3) is 3.09. The third-order valence-corrected chi connectivity index (χ3v) is 3.01. The van der Waals surface area contributed by atoms with Gasteiger partial charge in [0.15, 0.2) is 0 Å². The zero-order chi connectivity index (χ0) is 14.8. The van der Waals surface area contributed by atoms with E-state index in [1.807, 2.05) is 0 Å². The van der Waals surface area contributed by atoms with Gasteiger partial charge in [-0.25, -0.2) is 4.79 Å². The number of rotatable bonds is 3. The van der Waals surface area contributed by atoms with Crippen LogP contribution in [0.15, 0.2) is 48.5 Å². The SMILES string of the molecule is CC(C)(OC(=O)c1ccc(O)cc1)c1ccc(O)cc1. The van der Waals surface area contributed by atoms with Crippen LogP contribution in [0.1, 0.15) is 29.8 Å². The minimum absolute atomic E-state index is 0.0966. The molecule has 0 atom stereocenters. The van der Waals surface area contributed by atoms with Gasteiger partial charge in [0.1, 0.15) is 17.1 Å². The first-order valence-electron chi connectivity index (χ1n) is 6.20. The second-order valence-corrected chi connectivity index (χ2v) is 4.99. The number of carbonyl (C=O) groups is 1. The van der Waals surface area contributed by atoms with Gasteiger partial charge in [-0.2, -0.15) is 0 Å². The molecule has 0 unspecified atom stereocenters. The molecule has 104 valence electrons. The van der Waals surface area contributed by atoms with Crippen LogP contribution in [0.2, 0.25) is 0 Å². The molecule has 0 aliphatic heterocycles. The molecule has 2 aromatic carbocycles. The average Bonchev–Trinajstić information content (AvgIpc) is 2.39. The van der Waals surface area contributed by atoms with Crippen LogP contribution < -0.4 is 0 Å². The fourth-order valence-electron chi connectivity index (χ4n) is 1.81. The summed E-state index contributed by atoms with van der Waals surface area (Å²) in [5.74, 6) is -0.211. The smallest absolute Gasteiger partial charge is 0.338 e. The number of benzene rings is 2. The standard InChI is InChI=1S/C16H16O4/c1-16(2,12-5-9-14(18)10-6-12)20-15(19)11-3-7-13(17)8-4-11/h3-10,17-18H,1-2H3. The van der Waals surface area contributed by atoms with Gasteiger partial charge < -0.3 is 14.9 Å². The van der Waals surface area contributed by atoms with E-state index >= 15 is 0 Å². The van der Waals surface area contributed by atoms with E-state index in [1.54, 1.807) is 38.1 Å². The number of ether oxygens (including phenoxy) is 1. The van der Waals surface area contributed by atoms with Crippen LogP contribution in [-0.2, 0) is 10.3 Å². The molecule has 0 amide bonds. The van der Waals surface area contributed by atoms with Gasteiger partial charge in [0.2, 0.25) is 0 Å². The highest BCUT2D eigenvalue weighted by molar-refractivity contribution is 5.89. The molecule has 4 heteroatoms. The first-order valence-corrected chi connectivity index (χ1v) is 6.20. The predicted octanol–water partition coefficient (Wildman–Crippen LogP) is 3.19. The molecule has 2 rings (SSSR count). The third-order valence-electron chi connectivity index (χ3n) is 3.01. The fourth-order valence-corrected chi connectivity index (χ4v) is 1.81. The summed E-state index contributed by atoms with van der Waals surface area (Å²) in [5, 5.41) is 18.5. The van der Waals surface area contributed by atoms with E-state index in [2.05, 4.69) is 0 Å². The maximum Gasteiger partial charge on any atom is 0.338 e. The summed E-state index contributed by atoms with van der Waals surface area (Å²) in [6.07, 6.45) is 0. The molecule has 0 aliphatic carbocycles. The van der Waals surface area contributed by atoms with Crippen molar-refractivity contribution in [3.63, 3.8) is 0 Å². The molecule has 0 saturated heterocycles. The maximum absolute atomic E-state index is 12.1. The largest absolute Gasteiger partial charge is 0.508 e. The summed E-state index contributed by atoms with van der Waals surface area (Å²) < 4.78 is 5.49. The Morgan fingerprint density at radius 1 is 0.900 bits per heavy atom. The Morgan fingerprint density at radius 2 is 1.35 bits per heavy atom. The van der Waals surface area contributed by atoms with E-state index in [-0.39, 0.29) is 11.5 Å². The first-order chi connectivity index (χ1) is 9.38. The lowest BCUT2D eigenvalue weighted by atomic mass is 9.98. The van der Waals surface area contributed by atoms with Crippen LogP contribution >= 0.6 is 0 Å². The summed E-state index contributed by atoms with van der Waals surface area (Å²) in [6, 6.07) is 12.4. The Hall–Kier alpha value is -2.49. The van der Waals surface area contributed by atoms with E-state index in [0.717, 1.165) is 5.56 Å². The highest BCUT2D eigenvalue weighted by atomic mass is 16.6. The second kappa shape index (κ2) is 5.25. The molecular weight excluding hydrogens is 256 g/mol. The van der Waals surface area contributed by atoms with E-state index in [0.29, 0.717) is 5.56 Å². The maximum atomic E-state index is 12.1. The molecule has 4 nitrogen and oxygen atoms in total. The Bertz CT molecular complexity index is 597. The van der Waals surface area contributed by atoms with Crippen molar-refractivity contribution in [3.8, 4) is 11.5 Å². The van der Waals surface area contributed by atoms with E-state index in [9.17, 15) is 15.0 Å². The number of carbonyl (C=O) groups excluding carboxylic acids is 1. The Morgan fingerprint density at radius 3 is 1.85 bits per heavy atom. The number of phenolic OH excluding ortho intramolecular Hbond substituents is 2. The van der Waals surface area contributed by atoms with E-state index in [4.69, 9.17) is 4.74 Å². The van der Waals surface area contributed by atoms with E-state index in [1.165, 1.54) is 24.3 Å². The molecule has 0 saturated carbocycles. The van der Waals surface area contributed by atoms with Crippen molar-refractivity contribution in [2.24, 2.45) is 0 Å². The fraction of sp³-hybridized carbons (Fsp3) is 0.188. The van der Waals surface area contributed by atoms with Crippen LogP contribution in [0.25, 0.3) is 0 Å². The van der Waals surface area contributed by atoms with Crippen LogP contribution in [0.5, 0.6) is 11.5 Å². The Labute approximate surface area is 117 Å². The van der Waals surface area contributed by atoms with Gasteiger partial charge >= 0.3 is 5.97 Å². The first kappa shape index (κ1) is 13.9. The van der Waals surface area contributed by atoms with Crippen molar-refractivity contribution < 1.29 is 19.7 Å². The van der Waals surface area contributed by atoms with Gasteiger partial charge in [-0.1, -0.05) is 12.1 Å². The zero-order valence-electron chi connectivity index (χ0n) is 11.3. The summed E-state index contributed by atoms with van der Waals surface area (Å²) in [4.78, 5) is 12.1. The average molecular weight is 272 g/mol. The van der Waals surface area contributed by atoms with Crippen LogP contribution in [0, 0.1) is 0 Å². The highest BCUT2D eigenvalue weighted by Crippen LogP contribution is 2.27. The summed E-state index contributed by atoms with van der Waals surface area (Å²) in [6.45, 7) is 3.55. The number of aromatic hydroxyl groups is 2. The minimum atomic E-state index is -0.817. The zero-order valence-corrected chi connectivity index (χ0v) is 11.3. The van der Waals surface area contributed by atoms with Crippen molar-refractivity contribution >= 4 is 5.97 Å². The van der Waals surface area contributed by atoms with Gasteiger partial charge in [-0.3, -0.25) is 0 Å². The van der Waals surface area contributed by atoms with Crippen molar-refractivity contribution in [1.29, 1.82) is 0 Å². The number of phenols is 2. The number of esters is 1. The quantitative estimate of drug-likeness (QED) is 0.842. The van der Waals surface area contributed by atoms with Gasteiger partial charge in [-0.05, 0) is 55.8 Å². The topological polar surface area (TPSA) is 66.8 Å². The van der Waals surface area contributed by atoms with Gasteiger partial charge in [0, 0.05) is 0 Å². The second-order valence-electron chi connectivity index (χ2n) is 4.99. The predicted molar refractivity (Wildman–Crippen MR) is 74.7 cm³/mol. The Balaban J connectivity index is 2.17. The lowest BCUT2D eigenvalue weighted by molar-refractivity contribution is -0.00312. The summed E-state index contributed by atoms with van der Waals surface area (Å²) in [7, 11) is 0. The van der Waals surface area contributed by atoms with Crippen molar-refractivity contribution in [1.82, 2.24) is 0 Å². The van der Waals surface area contributed by atoms with Crippen LogP contribution in [0.4, 0.5) is 0 Å². The van der Waals surface area contributed by atoms with Crippen molar-refractivity contribution in [2.75, 3.05) is 0 Å². The van der Waals surface area contributed by atoms with Gasteiger partial charge in [0.25, 0.3) is 0 Å². The number of hydrogen-bond acceptors (Lipinski definition) is 4. The molecular formula is C16H16O4. The Kier molecular flexibility index (Phi) is 3.66. The molecule has 0 spiro atoms. The lowest BCUT2D eigenvalue weighted by Crippen LogP contribution is -2.25. The molecule has 2 aromatic rings. The summed E-state index contributed by atoms with van der Waals surface area (Å²) in [5.41, 5.74) is 0.333. The molecule has 20 heavy (non-hydrogen) atoms. The molecule has 0 aliphatic rings. The van der Waals surface area contributed by atoms with Crippen molar-refractivity contribution in [3.05, 3.63) is 59.7 Å². The van der Waals surface area contributed by atoms with Gasteiger partial charge in [-0.15, -0.1) is 0 Å². The minimum Gasteiger partial charge on any atom is -0.508 e. The molecule has 0 fully saturated rings. The van der Waals surface area contributed by atoms with Gasteiger partial charge in [0.05, 0.1) is 5.56 Å². The molecule has 0 bridgehead atoms. The molecule has 0 radical (unpaired) electrons. The lowest BCUT2D eigenvalue weighted by Gasteiger charge is -2.25. The van der Waals surface area contributed by atoms with Crippen molar-refractivity contribution in [2.45, 2.75) is 19.4 Å².